The molecule has 0 aromatic heterocycles. The highest BCUT2D eigenvalue weighted by atomic mass is 16.3. The molecule has 0 radical (unpaired) electrons. The zero-order valence-corrected chi connectivity index (χ0v) is 12.8. The van der Waals surface area contributed by atoms with Crippen molar-refractivity contribution in [3.63, 3.8) is 0 Å². The van der Waals surface area contributed by atoms with Gasteiger partial charge in [0.25, 0.3) is 0 Å². The van der Waals surface area contributed by atoms with E-state index in [9.17, 15) is 5.11 Å². The lowest BCUT2D eigenvalue weighted by molar-refractivity contribution is 0.191. The number of likely N-dealkylation sites (N-methyl/N-ethyl adjacent to an activating group) is 1. The Morgan fingerprint density at radius 1 is 1.40 bits per heavy atom. The molecule has 0 spiro atoms. The van der Waals surface area contributed by atoms with Gasteiger partial charge in [0.1, 0.15) is 0 Å². The predicted molar refractivity (Wildman–Crippen MR) is 84.0 cm³/mol. The Morgan fingerprint density at radius 2 is 2.10 bits per heavy atom. The molecule has 1 fully saturated rings. The number of β-amino-alcohol motifs (C(OH)–C–C–N with tert-alkyl or cyclic N) is 1. The number of hydrogen-bond donors (Lipinski definition) is 2. The summed E-state index contributed by atoms with van der Waals surface area (Å²) in [5.74, 6) is 0. The molecule has 0 saturated carbocycles. The molecule has 1 aliphatic rings. The molecule has 1 aromatic carbocycles. The lowest BCUT2D eigenvalue weighted by Crippen LogP contribution is -2.38. The smallest absolute Gasteiger partial charge is 0.0735 e. The van der Waals surface area contributed by atoms with Gasteiger partial charge in [-0.1, -0.05) is 25.1 Å². The van der Waals surface area contributed by atoms with E-state index in [1.165, 1.54) is 11.3 Å². The Hall–Kier alpha value is -1.10. The van der Waals surface area contributed by atoms with Gasteiger partial charge in [0.2, 0.25) is 0 Å². The third-order valence-corrected chi connectivity index (χ3v) is 4.05. The van der Waals surface area contributed by atoms with Crippen molar-refractivity contribution in [2.75, 3.05) is 32.1 Å². The molecule has 1 heterocycles. The molecule has 1 saturated heterocycles. The SMILES string of the molecule is CC[C@@H](N)c1ccccc1N1CC(O)CC1CN(C)C. The Kier molecular flexibility index (Phi) is 5.02. The highest BCUT2D eigenvalue weighted by molar-refractivity contribution is 5.57. The molecule has 4 nitrogen and oxygen atoms in total. The van der Waals surface area contributed by atoms with E-state index in [0.717, 1.165) is 19.4 Å². The summed E-state index contributed by atoms with van der Waals surface area (Å²) < 4.78 is 0. The molecule has 3 atom stereocenters. The van der Waals surface area contributed by atoms with Gasteiger partial charge in [-0.05, 0) is 38.6 Å². The fraction of sp³-hybridized carbons (Fsp3) is 0.625. The normalized spacial score (nSPS) is 24.4. The number of benzene rings is 1. The van der Waals surface area contributed by atoms with Gasteiger partial charge in [0, 0.05) is 30.9 Å². The molecule has 2 unspecified atom stereocenters. The molecule has 112 valence electrons. The van der Waals surface area contributed by atoms with E-state index >= 15 is 0 Å². The lowest BCUT2D eigenvalue weighted by Gasteiger charge is -2.31. The van der Waals surface area contributed by atoms with Crippen molar-refractivity contribution in [3.05, 3.63) is 29.8 Å². The number of nitrogens with two attached hydrogens (primary N) is 1. The highest BCUT2D eigenvalue weighted by Crippen LogP contribution is 2.32. The Morgan fingerprint density at radius 3 is 2.75 bits per heavy atom. The number of nitrogens with zero attached hydrogens (tertiary/aromatic N) is 2. The van der Waals surface area contributed by atoms with Crippen molar-refractivity contribution in [1.29, 1.82) is 0 Å². The quantitative estimate of drug-likeness (QED) is 0.858. The molecule has 20 heavy (non-hydrogen) atoms. The van der Waals surface area contributed by atoms with Crippen molar-refractivity contribution in [2.45, 2.75) is 38.0 Å². The van der Waals surface area contributed by atoms with Crippen LogP contribution in [0.3, 0.4) is 0 Å². The summed E-state index contributed by atoms with van der Waals surface area (Å²) in [7, 11) is 4.15. The van der Waals surface area contributed by atoms with Crippen molar-refractivity contribution in [2.24, 2.45) is 5.73 Å². The van der Waals surface area contributed by atoms with E-state index in [1.54, 1.807) is 0 Å². The number of aliphatic hydroxyl groups excluding tert-OH is 1. The number of aliphatic hydroxyl groups is 1. The molecular weight excluding hydrogens is 250 g/mol. The number of hydrogen-bond acceptors (Lipinski definition) is 4. The minimum absolute atomic E-state index is 0.0592. The van der Waals surface area contributed by atoms with Gasteiger partial charge in [-0.2, -0.15) is 0 Å². The van der Waals surface area contributed by atoms with Gasteiger partial charge in [-0.15, -0.1) is 0 Å². The summed E-state index contributed by atoms with van der Waals surface area (Å²) in [6.45, 7) is 3.76. The maximum absolute atomic E-state index is 10.0. The van der Waals surface area contributed by atoms with Gasteiger partial charge in [0.15, 0.2) is 0 Å². The van der Waals surface area contributed by atoms with Crippen LogP contribution >= 0.6 is 0 Å². The third-order valence-electron chi connectivity index (χ3n) is 4.05. The minimum atomic E-state index is -0.245. The van der Waals surface area contributed by atoms with Crippen molar-refractivity contribution < 1.29 is 5.11 Å². The van der Waals surface area contributed by atoms with Gasteiger partial charge in [0.05, 0.1) is 6.10 Å². The zero-order valence-electron chi connectivity index (χ0n) is 12.8. The average molecular weight is 277 g/mol. The topological polar surface area (TPSA) is 52.7 Å². The summed E-state index contributed by atoms with van der Waals surface area (Å²) in [5, 5.41) is 10.0. The van der Waals surface area contributed by atoms with E-state index < -0.39 is 0 Å². The second kappa shape index (κ2) is 6.57. The molecule has 2 rings (SSSR count). The maximum atomic E-state index is 10.0. The van der Waals surface area contributed by atoms with Crippen molar-refractivity contribution in [3.8, 4) is 0 Å². The predicted octanol–water partition coefficient (Wildman–Crippen LogP) is 1.60. The van der Waals surface area contributed by atoms with Crippen LogP contribution in [0.1, 0.15) is 31.4 Å². The first-order valence-corrected chi connectivity index (χ1v) is 7.46. The van der Waals surface area contributed by atoms with Gasteiger partial charge < -0.3 is 20.6 Å². The first-order chi connectivity index (χ1) is 9.52. The second-order valence-electron chi connectivity index (χ2n) is 6.03. The molecule has 1 aromatic rings. The average Bonchev–Trinajstić information content (AvgIpc) is 2.77. The summed E-state index contributed by atoms with van der Waals surface area (Å²) >= 11 is 0. The Bertz CT molecular complexity index is 435. The number of para-hydroxylation sites is 1. The fourth-order valence-corrected chi connectivity index (χ4v) is 3.06. The second-order valence-corrected chi connectivity index (χ2v) is 6.03. The van der Waals surface area contributed by atoms with E-state index in [0.29, 0.717) is 12.6 Å². The molecular formula is C16H27N3O. The van der Waals surface area contributed by atoms with Gasteiger partial charge in [-0.25, -0.2) is 0 Å². The van der Waals surface area contributed by atoms with Crippen LogP contribution in [-0.2, 0) is 0 Å². The zero-order chi connectivity index (χ0) is 14.7. The summed E-state index contributed by atoms with van der Waals surface area (Å²) in [6.07, 6.45) is 1.51. The Labute approximate surface area is 122 Å². The standard InChI is InChI=1S/C16H27N3O/c1-4-15(17)14-7-5-6-8-16(14)19-11-13(20)9-12(19)10-18(2)3/h5-8,12-13,15,20H,4,9-11,17H2,1-3H3/t12?,13?,15-/m1/s1. The monoisotopic (exact) mass is 277 g/mol. The third kappa shape index (κ3) is 3.32. The van der Waals surface area contributed by atoms with E-state index in [-0.39, 0.29) is 12.1 Å². The van der Waals surface area contributed by atoms with Crippen molar-refractivity contribution >= 4 is 5.69 Å². The molecule has 4 heteroatoms. The molecule has 0 amide bonds. The van der Waals surface area contributed by atoms with Crippen LogP contribution in [0.15, 0.2) is 24.3 Å². The van der Waals surface area contributed by atoms with Crippen LogP contribution in [0.25, 0.3) is 0 Å². The maximum Gasteiger partial charge on any atom is 0.0735 e. The highest BCUT2D eigenvalue weighted by Gasteiger charge is 2.32. The van der Waals surface area contributed by atoms with E-state index in [4.69, 9.17) is 5.73 Å². The van der Waals surface area contributed by atoms with Crippen LogP contribution in [0.5, 0.6) is 0 Å². The lowest BCUT2D eigenvalue weighted by atomic mass is 10.0. The molecule has 0 bridgehead atoms. The Balaban J connectivity index is 2.29. The summed E-state index contributed by atoms with van der Waals surface area (Å²) in [4.78, 5) is 4.51. The van der Waals surface area contributed by atoms with Gasteiger partial charge >= 0.3 is 0 Å². The summed E-state index contributed by atoms with van der Waals surface area (Å²) in [6, 6.07) is 8.75. The van der Waals surface area contributed by atoms with Crippen LogP contribution in [0.4, 0.5) is 5.69 Å². The fourth-order valence-electron chi connectivity index (χ4n) is 3.06. The number of anilines is 1. The van der Waals surface area contributed by atoms with Crippen LogP contribution in [0, 0.1) is 0 Å². The van der Waals surface area contributed by atoms with Gasteiger partial charge in [-0.3, -0.25) is 0 Å². The summed E-state index contributed by atoms with van der Waals surface area (Å²) in [5.41, 5.74) is 8.62. The van der Waals surface area contributed by atoms with E-state index in [1.807, 2.05) is 6.07 Å². The molecule has 1 aliphatic heterocycles. The van der Waals surface area contributed by atoms with Crippen molar-refractivity contribution in [1.82, 2.24) is 4.90 Å². The molecule has 0 aliphatic carbocycles. The molecule has 3 N–H and O–H groups in total. The van der Waals surface area contributed by atoms with Crippen LogP contribution in [0.2, 0.25) is 0 Å². The first-order valence-electron chi connectivity index (χ1n) is 7.46. The van der Waals surface area contributed by atoms with Crippen LogP contribution < -0.4 is 10.6 Å². The first kappa shape index (κ1) is 15.3. The largest absolute Gasteiger partial charge is 0.391 e. The van der Waals surface area contributed by atoms with Crippen LogP contribution in [-0.4, -0.2) is 49.3 Å². The number of rotatable bonds is 5. The van der Waals surface area contributed by atoms with E-state index in [2.05, 4.69) is 49.0 Å². The minimum Gasteiger partial charge on any atom is -0.391 e.